The highest BCUT2D eigenvalue weighted by molar-refractivity contribution is 9.10. The second-order valence-electron chi connectivity index (χ2n) is 4.52. The standard InChI is InChI=1S/C14H12BrN3O2/c15-9-6-11(16)14(17-7-9)20-10-2-3-12-8(5-10)1-4-13(19)18-12/h2-3,5-7H,1,4,16H2,(H,18,19). The van der Waals surface area contributed by atoms with Crippen molar-refractivity contribution in [3.05, 3.63) is 40.5 Å². The Morgan fingerprint density at radius 1 is 1.30 bits per heavy atom. The lowest BCUT2D eigenvalue weighted by Gasteiger charge is -2.17. The molecule has 0 radical (unpaired) electrons. The van der Waals surface area contributed by atoms with Crippen LogP contribution in [0.25, 0.3) is 0 Å². The number of aromatic nitrogens is 1. The highest BCUT2D eigenvalue weighted by atomic mass is 79.9. The lowest BCUT2D eigenvalue weighted by Crippen LogP contribution is -2.18. The van der Waals surface area contributed by atoms with Gasteiger partial charge in [0.1, 0.15) is 5.75 Å². The Morgan fingerprint density at radius 2 is 2.15 bits per heavy atom. The first-order valence-electron chi connectivity index (χ1n) is 6.13. The fraction of sp³-hybridized carbons (Fsp3) is 0.143. The Hall–Kier alpha value is -2.08. The average Bonchev–Trinajstić information content (AvgIpc) is 2.42. The molecule has 0 unspecified atom stereocenters. The Balaban J connectivity index is 1.86. The first-order chi connectivity index (χ1) is 9.61. The molecule has 1 amide bonds. The number of benzene rings is 1. The van der Waals surface area contributed by atoms with Crippen LogP contribution in [0.5, 0.6) is 11.6 Å². The molecule has 2 heterocycles. The van der Waals surface area contributed by atoms with Crippen LogP contribution in [0.4, 0.5) is 11.4 Å². The summed E-state index contributed by atoms with van der Waals surface area (Å²) in [6.45, 7) is 0. The molecule has 0 bridgehead atoms. The van der Waals surface area contributed by atoms with E-state index in [4.69, 9.17) is 10.5 Å². The van der Waals surface area contributed by atoms with Gasteiger partial charge in [-0.25, -0.2) is 4.98 Å². The van der Waals surface area contributed by atoms with Gasteiger partial charge >= 0.3 is 0 Å². The number of amides is 1. The van der Waals surface area contributed by atoms with E-state index in [9.17, 15) is 4.79 Å². The first-order valence-corrected chi connectivity index (χ1v) is 6.93. The van der Waals surface area contributed by atoms with Crippen molar-refractivity contribution in [3.8, 4) is 11.6 Å². The molecule has 20 heavy (non-hydrogen) atoms. The van der Waals surface area contributed by atoms with Gasteiger partial charge < -0.3 is 15.8 Å². The van der Waals surface area contributed by atoms with Crippen LogP contribution in [0.2, 0.25) is 0 Å². The van der Waals surface area contributed by atoms with E-state index in [0.717, 1.165) is 15.7 Å². The number of nitrogens with two attached hydrogens (primary N) is 1. The van der Waals surface area contributed by atoms with Crippen molar-refractivity contribution in [1.82, 2.24) is 4.98 Å². The summed E-state index contributed by atoms with van der Waals surface area (Å²) in [6.07, 6.45) is 2.83. The lowest BCUT2D eigenvalue weighted by atomic mass is 10.0. The molecule has 102 valence electrons. The van der Waals surface area contributed by atoms with Gasteiger partial charge in [-0.05, 0) is 52.2 Å². The largest absolute Gasteiger partial charge is 0.437 e. The molecule has 1 aromatic heterocycles. The summed E-state index contributed by atoms with van der Waals surface area (Å²) in [6, 6.07) is 7.25. The number of pyridine rings is 1. The van der Waals surface area contributed by atoms with E-state index in [1.165, 1.54) is 0 Å². The summed E-state index contributed by atoms with van der Waals surface area (Å²) in [5.74, 6) is 1.07. The third-order valence-electron chi connectivity index (χ3n) is 3.03. The van der Waals surface area contributed by atoms with Crippen LogP contribution in [0, 0.1) is 0 Å². The predicted octanol–water partition coefficient (Wildman–Crippen LogP) is 3.10. The van der Waals surface area contributed by atoms with Gasteiger partial charge in [-0.15, -0.1) is 0 Å². The van der Waals surface area contributed by atoms with Crippen molar-refractivity contribution < 1.29 is 9.53 Å². The smallest absolute Gasteiger partial charge is 0.242 e. The van der Waals surface area contributed by atoms with Crippen LogP contribution in [0.3, 0.4) is 0 Å². The summed E-state index contributed by atoms with van der Waals surface area (Å²) in [5.41, 5.74) is 8.21. The second-order valence-corrected chi connectivity index (χ2v) is 5.43. The molecule has 0 saturated heterocycles. The summed E-state index contributed by atoms with van der Waals surface area (Å²) < 4.78 is 6.49. The van der Waals surface area contributed by atoms with E-state index in [1.54, 1.807) is 18.3 Å². The fourth-order valence-corrected chi connectivity index (χ4v) is 2.41. The minimum Gasteiger partial charge on any atom is -0.437 e. The third-order valence-corrected chi connectivity index (χ3v) is 3.47. The van der Waals surface area contributed by atoms with Crippen LogP contribution in [0.15, 0.2) is 34.9 Å². The van der Waals surface area contributed by atoms with E-state index >= 15 is 0 Å². The number of ether oxygens (including phenoxy) is 1. The van der Waals surface area contributed by atoms with Gasteiger partial charge in [0.15, 0.2) is 0 Å². The Bertz CT molecular complexity index is 688. The maximum atomic E-state index is 11.3. The Labute approximate surface area is 124 Å². The Morgan fingerprint density at radius 3 is 2.95 bits per heavy atom. The predicted molar refractivity (Wildman–Crippen MR) is 79.8 cm³/mol. The topological polar surface area (TPSA) is 77.2 Å². The van der Waals surface area contributed by atoms with Crippen LogP contribution in [0.1, 0.15) is 12.0 Å². The van der Waals surface area contributed by atoms with Crippen molar-refractivity contribution in [3.63, 3.8) is 0 Å². The monoisotopic (exact) mass is 333 g/mol. The van der Waals surface area contributed by atoms with E-state index < -0.39 is 0 Å². The maximum Gasteiger partial charge on any atom is 0.242 e. The Kier molecular flexibility index (Phi) is 3.31. The zero-order valence-electron chi connectivity index (χ0n) is 10.5. The van der Waals surface area contributed by atoms with Gasteiger partial charge in [-0.1, -0.05) is 0 Å². The molecule has 1 aliphatic heterocycles. The molecular formula is C14H12BrN3O2. The molecule has 2 aromatic rings. The van der Waals surface area contributed by atoms with Gasteiger partial charge in [-0.3, -0.25) is 4.79 Å². The summed E-state index contributed by atoms with van der Waals surface area (Å²) in [4.78, 5) is 15.4. The van der Waals surface area contributed by atoms with Gasteiger partial charge in [0.05, 0.1) is 5.69 Å². The number of nitrogens with one attached hydrogen (secondary N) is 1. The van der Waals surface area contributed by atoms with Crippen molar-refractivity contribution in [1.29, 1.82) is 0 Å². The molecule has 0 atom stereocenters. The molecule has 0 spiro atoms. The number of hydrogen-bond donors (Lipinski definition) is 2. The van der Waals surface area contributed by atoms with Crippen molar-refractivity contribution in [2.24, 2.45) is 0 Å². The number of anilines is 2. The number of rotatable bonds is 2. The molecular weight excluding hydrogens is 322 g/mol. The third kappa shape index (κ3) is 2.60. The summed E-state index contributed by atoms with van der Waals surface area (Å²) >= 11 is 3.30. The van der Waals surface area contributed by atoms with Gasteiger partial charge in [0, 0.05) is 22.8 Å². The zero-order valence-corrected chi connectivity index (χ0v) is 12.1. The summed E-state index contributed by atoms with van der Waals surface area (Å²) in [7, 11) is 0. The van der Waals surface area contributed by atoms with E-state index in [-0.39, 0.29) is 5.91 Å². The van der Waals surface area contributed by atoms with Crippen molar-refractivity contribution in [2.75, 3.05) is 11.1 Å². The molecule has 1 aromatic carbocycles. The number of hydrogen-bond acceptors (Lipinski definition) is 4. The molecule has 3 rings (SSSR count). The number of halogens is 1. The number of fused-ring (bicyclic) bond motifs is 1. The molecule has 6 heteroatoms. The summed E-state index contributed by atoms with van der Waals surface area (Å²) in [5, 5.41) is 2.83. The number of aryl methyl sites for hydroxylation is 1. The van der Waals surface area contributed by atoms with E-state index in [2.05, 4.69) is 26.2 Å². The van der Waals surface area contributed by atoms with Gasteiger partial charge in [-0.2, -0.15) is 0 Å². The SMILES string of the molecule is Nc1cc(Br)cnc1Oc1ccc2c(c1)CCC(=O)N2. The maximum absolute atomic E-state index is 11.3. The van der Waals surface area contributed by atoms with Crippen LogP contribution < -0.4 is 15.8 Å². The van der Waals surface area contributed by atoms with Crippen LogP contribution in [-0.4, -0.2) is 10.9 Å². The molecule has 0 aliphatic carbocycles. The fourth-order valence-electron chi connectivity index (χ4n) is 2.06. The molecule has 5 nitrogen and oxygen atoms in total. The number of carbonyl (C=O) groups excluding carboxylic acids is 1. The van der Waals surface area contributed by atoms with Crippen molar-refractivity contribution in [2.45, 2.75) is 12.8 Å². The molecule has 1 aliphatic rings. The highest BCUT2D eigenvalue weighted by Crippen LogP contribution is 2.31. The minimum atomic E-state index is 0.0463. The van der Waals surface area contributed by atoms with E-state index in [0.29, 0.717) is 30.2 Å². The number of nitrogen functional groups attached to an aromatic ring is 1. The van der Waals surface area contributed by atoms with Crippen LogP contribution >= 0.6 is 15.9 Å². The van der Waals surface area contributed by atoms with Crippen LogP contribution in [-0.2, 0) is 11.2 Å². The number of carbonyl (C=O) groups is 1. The highest BCUT2D eigenvalue weighted by Gasteiger charge is 2.15. The molecule has 0 fully saturated rings. The second kappa shape index (κ2) is 5.13. The minimum absolute atomic E-state index is 0.0463. The first kappa shape index (κ1) is 12.9. The van der Waals surface area contributed by atoms with Gasteiger partial charge in [0.25, 0.3) is 0 Å². The lowest BCUT2D eigenvalue weighted by molar-refractivity contribution is -0.116. The quantitative estimate of drug-likeness (QED) is 0.885. The average molecular weight is 334 g/mol. The molecule has 3 N–H and O–H groups in total. The number of nitrogens with zero attached hydrogens (tertiary/aromatic N) is 1. The van der Waals surface area contributed by atoms with Gasteiger partial charge in [0.2, 0.25) is 11.8 Å². The zero-order chi connectivity index (χ0) is 14.1. The van der Waals surface area contributed by atoms with E-state index in [1.807, 2.05) is 12.1 Å². The normalized spacial score (nSPS) is 13.6. The molecule has 0 saturated carbocycles. The van der Waals surface area contributed by atoms with Crippen molar-refractivity contribution >= 4 is 33.2 Å².